The van der Waals surface area contributed by atoms with Gasteiger partial charge in [-0.3, -0.25) is 4.90 Å². The highest BCUT2D eigenvalue weighted by Crippen LogP contribution is 2.31. The second-order valence-electron chi connectivity index (χ2n) is 8.51. The molecule has 2 aromatic carbocycles. The number of likely N-dealkylation sites (tertiary alicyclic amines) is 1. The Labute approximate surface area is 187 Å². The molecule has 0 spiro atoms. The predicted molar refractivity (Wildman–Crippen MR) is 121 cm³/mol. The van der Waals surface area contributed by atoms with Crippen molar-refractivity contribution < 1.29 is 8.78 Å². The lowest BCUT2D eigenvalue weighted by molar-refractivity contribution is 0.0964. The zero-order chi connectivity index (χ0) is 21.9. The molecular formula is C25H27F2N5. The van der Waals surface area contributed by atoms with E-state index in [9.17, 15) is 8.78 Å². The maximum Gasteiger partial charge on any atom is 0.139 e. The summed E-state index contributed by atoms with van der Waals surface area (Å²) in [5.41, 5.74) is 2.85. The van der Waals surface area contributed by atoms with Gasteiger partial charge < -0.3 is 9.80 Å². The van der Waals surface area contributed by atoms with Crippen molar-refractivity contribution in [2.45, 2.75) is 12.5 Å². The maximum atomic E-state index is 14.0. The zero-order valence-corrected chi connectivity index (χ0v) is 18.0. The van der Waals surface area contributed by atoms with E-state index >= 15 is 0 Å². The van der Waals surface area contributed by atoms with Gasteiger partial charge in [0, 0.05) is 50.5 Å². The van der Waals surface area contributed by atoms with Crippen molar-refractivity contribution in [3.05, 3.63) is 78.3 Å². The van der Waals surface area contributed by atoms with E-state index < -0.39 is 0 Å². The SMILES string of the molecule is Fc1ccc(-c2cncnc2N2CCN([C@H](CN3CCC3)c3cccc(F)c3)CC2)cc1. The van der Waals surface area contributed by atoms with Gasteiger partial charge in [0.05, 0.1) is 0 Å². The van der Waals surface area contributed by atoms with Crippen LogP contribution in [0.15, 0.2) is 61.1 Å². The first-order valence-corrected chi connectivity index (χ1v) is 11.2. The smallest absolute Gasteiger partial charge is 0.139 e. The van der Waals surface area contributed by atoms with Crippen LogP contribution in [0, 0.1) is 11.6 Å². The van der Waals surface area contributed by atoms with Crippen molar-refractivity contribution in [2.24, 2.45) is 0 Å². The number of piperazine rings is 1. The van der Waals surface area contributed by atoms with Crippen LogP contribution in [-0.4, -0.2) is 65.6 Å². The molecule has 166 valence electrons. The van der Waals surface area contributed by atoms with E-state index in [1.807, 2.05) is 6.07 Å². The van der Waals surface area contributed by atoms with Gasteiger partial charge in [-0.1, -0.05) is 24.3 Å². The molecule has 5 nitrogen and oxygen atoms in total. The number of rotatable bonds is 6. The minimum Gasteiger partial charge on any atom is -0.353 e. The highest BCUT2D eigenvalue weighted by molar-refractivity contribution is 5.75. The Morgan fingerprint density at radius 1 is 0.875 bits per heavy atom. The molecule has 2 saturated heterocycles. The van der Waals surface area contributed by atoms with Crippen molar-refractivity contribution >= 4 is 5.82 Å². The number of benzene rings is 2. The third-order valence-corrected chi connectivity index (χ3v) is 6.51. The molecule has 0 amide bonds. The van der Waals surface area contributed by atoms with Crippen LogP contribution in [-0.2, 0) is 0 Å². The average molecular weight is 436 g/mol. The van der Waals surface area contributed by atoms with E-state index in [2.05, 4.69) is 24.7 Å². The Morgan fingerprint density at radius 3 is 2.34 bits per heavy atom. The molecule has 2 aliphatic heterocycles. The van der Waals surface area contributed by atoms with Crippen molar-refractivity contribution in [3.63, 3.8) is 0 Å². The number of hydrogen-bond acceptors (Lipinski definition) is 5. The second kappa shape index (κ2) is 9.30. The fraction of sp³-hybridized carbons (Fsp3) is 0.360. The Bertz CT molecular complexity index is 1050. The monoisotopic (exact) mass is 435 g/mol. The summed E-state index contributed by atoms with van der Waals surface area (Å²) in [4.78, 5) is 15.9. The second-order valence-corrected chi connectivity index (χ2v) is 8.51. The van der Waals surface area contributed by atoms with E-state index in [-0.39, 0.29) is 17.7 Å². The van der Waals surface area contributed by atoms with Crippen molar-refractivity contribution in [2.75, 3.05) is 50.7 Å². The Kier molecular flexibility index (Phi) is 6.10. The largest absolute Gasteiger partial charge is 0.353 e. The Hall–Kier alpha value is -2.90. The molecule has 2 fully saturated rings. The number of hydrogen-bond donors (Lipinski definition) is 0. The topological polar surface area (TPSA) is 35.5 Å². The summed E-state index contributed by atoms with van der Waals surface area (Å²) in [7, 11) is 0. The van der Waals surface area contributed by atoms with Gasteiger partial charge >= 0.3 is 0 Å². The molecule has 32 heavy (non-hydrogen) atoms. The summed E-state index contributed by atoms with van der Waals surface area (Å²) >= 11 is 0. The molecule has 7 heteroatoms. The third kappa shape index (κ3) is 4.49. The van der Waals surface area contributed by atoms with Crippen LogP contribution in [0.3, 0.4) is 0 Å². The first kappa shape index (κ1) is 21.0. The fourth-order valence-electron chi connectivity index (χ4n) is 4.61. The van der Waals surface area contributed by atoms with Gasteiger partial charge in [0.15, 0.2) is 0 Å². The quantitative estimate of drug-likeness (QED) is 0.585. The van der Waals surface area contributed by atoms with E-state index in [0.717, 1.165) is 68.3 Å². The van der Waals surface area contributed by atoms with Gasteiger partial charge in [-0.05, 0) is 54.9 Å². The first-order chi connectivity index (χ1) is 15.7. The van der Waals surface area contributed by atoms with Crippen LogP contribution in [0.1, 0.15) is 18.0 Å². The first-order valence-electron chi connectivity index (χ1n) is 11.2. The van der Waals surface area contributed by atoms with Crippen molar-refractivity contribution in [1.82, 2.24) is 19.8 Å². The van der Waals surface area contributed by atoms with E-state index in [1.165, 1.54) is 24.6 Å². The molecule has 2 aliphatic rings. The summed E-state index contributed by atoms with van der Waals surface area (Å²) in [5.74, 6) is 0.433. The molecule has 1 aromatic heterocycles. The molecule has 0 radical (unpaired) electrons. The third-order valence-electron chi connectivity index (χ3n) is 6.51. The van der Waals surface area contributed by atoms with Gasteiger partial charge in [0.25, 0.3) is 0 Å². The van der Waals surface area contributed by atoms with E-state index in [4.69, 9.17) is 0 Å². The van der Waals surface area contributed by atoms with Crippen molar-refractivity contribution in [1.29, 1.82) is 0 Å². The molecule has 3 aromatic rings. The zero-order valence-electron chi connectivity index (χ0n) is 18.0. The lowest BCUT2D eigenvalue weighted by Crippen LogP contribution is -2.51. The van der Waals surface area contributed by atoms with Crippen LogP contribution in [0.25, 0.3) is 11.1 Å². The maximum absolute atomic E-state index is 14.0. The number of anilines is 1. The van der Waals surface area contributed by atoms with Crippen LogP contribution >= 0.6 is 0 Å². The molecule has 0 N–H and O–H groups in total. The molecule has 0 saturated carbocycles. The fourth-order valence-corrected chi connectivity index (χ4v) is 4.61. The lowest BCUT2D eigenvalue weighted by atomic mass is 10.0. The minimum atomic E-state index is -0.258. The molecule has 5 rings (SSSR count). The normalized spacial score (nSPS) is 18.4. The predicted octanol–water partition coefficient (Wildman–Crippen LogP) is 3.99. The highest BCUT2D eigenvalue weighted by Gasteiger charge is 2.29. The van der Waals surface area contributed by atoms with E-state index in [0.29, 0.717) is 0 Å². The number of nitrogens with zero attached hydrogens (tertiary/aromatic N) is 5. The lowest BCUT2D eigenvalue weighted by Gasteiger charge is -2.43. The van der Waals surface area contributed by atoms with Gasteiger partial charge in [0.1, 0.15) is 23.8 Å². The number of halogens is 2. The molecular weight excluding hydrogens is 408 g/mol. The number of aromatic nitrogens is 2. The Morgan fingerprint density at radius 2 is 1.66 bits per heavy atom. The van der Waals surface area contributed by atoms with Crippen LogP contribution in [0.4, 0.5) is 14.6 Å². The van der Waals surface area contributed by atoms with E-state index in [1.54, 1.807) is 36.8 Å². The van der Waals surface area contributed by atoms with Gasteiger partial charge in [-0.25, -0.2) is 18.7 Å². The standard InChI is InChI=1S/C25H27F2N5/c26-21-7-5-19(6-8-21)23-16-28-18-29-25(23)32-13-11-31(12-14-32)24(17-30-9-2-10-30)20-3-1-4-22(27)15-20/h1,3-8,15-16,18,24H,2,9-14,17H2/t24-/m1/s1. The molecule has 0 aliphatic carbocycles. The van der Waals surface area contributed by atoms with Crippen molar-refractivity contribution in [3.8, 4) is 11.1 Å². The summed E-state index contributed by atoms with van der Waals surface area (Å²) in [6.07, 6.45) is 4.60. The van der Waals surface area contributed by atoms with Gasteiger partial charge in [0.2, 0.25) is 0 Å². The molecule has 1 atom stereocenters. The van der Waals surface area contributed by atoms with Gasteiger partial charge in [-0.2, -0.15) is 0 Å². The summed E-state index contributed by atoms with van der Waals surface area (Å²) < 4.78 is 27.4. The Balaban J connectivity index is 1.33. The molecule has 3 heterocycles. The summed E-state index contributed by atoms with van der Waals surface area (Å²) in [6.45, 7) is 6.52. The van der Waals surface area contributed by atoms with Crippen LogP contribution in [0.2, 0.25) is 0 Å². The highest BCUT2D eigenvalue weighted by atomic mass is 19.1. The summed E-state index contributed by atoms with van der Waals surface area (Å²) in [5, 5.41) is 0. The minimum absolute atomic E-state index is 0.176. The molecule has 0 unspecified atom stereocenters. The average Bonchev–Trinajstić information content (AvgIpc) is 2.79. The summed E-state index contributed by atoms with van der Waals surface area (Å²) in [6, 6.07) is 13.7. The van der Waals surface area contributed by atoms with Crippen LogP contribution < -0.4 is 4.90 Å². The molecule has 0 bridgehead atoms. The van der Waals surface area contributed by atoms with Crippen LogP contribution in [0.5, 0.6) is 0 Å². The van der Waals surface area contributed by atoms with Gasteiger partial charge in [-0.15, -0.1) is 0 Å².